The van der Waals surface area contributed by atoms with Crippen molar-refractivity contribution in [2.45, 2.75) is 37.5 Å². The van der Waals surface area contributed by atoms with Gasteiger partial charge in [-0.05, 0) is 31.6 Å². The number of rotatable bonds is 5. The number of nitrogens with zero attached hydrogens (tertiary/aromatic N) is 3. The van der Waals surface area contributed by atoms with Gasteiger partial charge in [0.25, 0.3) is 0 Å². The Bertz CT molecular complexity index is 789. The Kier molecular flexibility index (Phi) is 4.18. The van der Waals surface area contributed by atoms with Gasteiger partial charge in [0.2, 0.25) is 10.0 Å². The molecule has 0 unspecified atom stereocenters. The second kappa shape index (κ2) is 6.33. The van der Waals surface area contributed by atoms with E-state index in [1.54, 1.807) is 4.31 Å². The molecule has 0 atom stereocenters. The first kappa shape index (κ1) is 15.8. The van der Waals surface area contributed by atoms with E-state index in [0.29, 0.717) is 19.0 Å². The van der Waals surface area contributed by atoms with E-state index in [-0.39, 0.29) is 5.25 Å². The van der Waals surface area contributed by atoms with E-state index in [9.17, 15) is 8.42 Å². The van der Waals surface area contributed by atoms with Crippen LogP contribution in [-0.4, -0.2) is 40.6 Å². The van der Waals surface area contributed by atoms with Crippen LogP contribution >= 0.6 is 0 Å². The Balaban J connectivity index is 1.41. The molecule has 1 aromatic carbocycles. The molecule has 0 spiro atoms. The largest absolute Gasteiger partial charge is 0.331 e. The van der Waals surface area contributed by atoms with Gasteiger partial charge in [0, 0.05) is 37.6 Å². The van der Waals surface area contributed by atoms with Crippen LogP contribution in [0.5, 0.6) is 0 Å². The maximum atomic E-state index is 12.3. The molecule has 128 valence electrons. The third kappa shape index (κ3) is 3.13. The molecule has 1 aromatic heterocycles. The van der Waals surface area contributed by atoms with Crippen molar-refractivity contribution >= 4 is 10.0 Å². The van der Waals surface area contributed by atoms with Crippen molar-refractivity contribution in [1.29, 1.82) is 0 Å². The van der Waals surface area contributed by atoms with Gasteiger partial charge >= 0.3 is 0 Å². The summed E-state index contributed by atoms with van der Waals surface area (Å²) in [5.41, 5.74) is 1.12. The minimum Gasteiger partial charge on any atom is -0.331 e. The first-order chi connectivity index (χ1) is 11.6. The van der Waals surface area contributed by atoms with Crippen LogP contribution in [0.3, 0.4) is 0 Å². The number of hydrogen-bond donors (Lipinski definition) is 0. The van der Waals surface area contributed by atoms with Crippen molar-refractivity contribution < 1.29 is 8.42 Å². The fourth-order valence-electron chi connectivity index (χ4n) is 3.51. The molecule has 0 amide bonds. The minimum absolute atomic E-state index is 0.0904. The van der Waals surface area contributed by atoms with Crippen molar-refractivity contribution in [2.24, 2.45) is 5.92 Å². The molecule has 0 radical (unpaired) electrons. The van der Waals surface area contributed by atoms with E-state index in [1.165, 1.54) is 0 Å². The maximum Gasteiger partial charge on any atom is 0.216 e. The zero-order valence-electron chi connectivity index (χ0n) is 13.7. The molecule has 4 rings (SSSR count). The molecular formula is C18H23N3O2S. The first-order valence-electron chi connectivity index (χ1n) is 8.70. The highest BCUT2D eigenvalue weighted by molar-refractivity contribution is 7.90. The lowest BCUT2D eigenvalue weighted by Gasteiger charge is -2.31. The van der Waals surface area contributed by atoms with E-state index in [0.717, 1.165) is 43.6 Å². The SMILES string of the molecule is O=S(=O)(C1CC1)N1CCC(Cn2ccnc2-c2ccccc2)CC1. The van der Waals surface area contributed by atoms with Gasteiger partial charge < -0.3 is 4.57 Å². The van der Waals surface area contributed by atoms with Gasteiger partial charge in [-0.1, -0.05) is 30.3 Å². The fraction of sp³-hybridized carbons (Fsp3) is 0.500. The quantitative estimate of drug-likeness (QED) is 0.837. The molecule has 2 fully saturated rings. The van der Waals surface area contributed by atoms with Crippen LogP contribution < -0.4 is 0 Å². The monoisotopic (exact) mass is 345 g/mol. The summed E-state index contributed by atoms with van der Waals surface area (Å²) in [5.74, 6) is 1.50. The summed E-state index contributed by atoms with van der Waals surface area (Å²) in [7, 11) is -3.01. The molecule has 5 nitrogen and oxygen atoms in total. The van der Waals surface area contributed by atoms with Crippen LogP contribution in [0, 0.1) is 5.92 Å². The summed E-state index contributed by atoms with van der Waals surface area (Å²) < 4.78 is 28.6. The van der Waals surface area contributed by atoms with Crippen LogP contribution in [0.25, 0.3) is 11.4 Å². The Labute approximate surface area is 143 Å². The number of aromatic nitrogens is 2. The third-order valence-corrected chi connectivity index (χ3v) is 7.48. The summed E-state index contributed by atoms with van der Waals surface area (Å²) in [6, 6.07) is 10.2. The smallest absolute Gasteiger partial charge is 0.216 e. The standard InChI is InChI=1S/C18H23N3O2S/c22-24(23,17-6-7-17)21-11-8-15(9-12-21)14-20-13-10-19-18(20)16-4-2-1-3-5-16/h1-5,10,13,15,17H,6-9,11-12,14H2. The van der Waals surface area contributed by atoms with Crippen LogP contribution in [0.1, 0.15) is 25.7 Å². The lowest BCUT2D eigenvalue weighted by atomic mass is 9.98. The Hall–Kier alpha value is -1.66. The Morgan fingerprint density at radius 3 is 2.42 bits per heavy atom. The van der Waals surface area contributed by atoms with E-state index in [4.69, 9.17) is 0 Å². The highest BCUT2D eigenvalue weighted by Crippen LogP contribution is 2.33. The van der Waals surface area contributed by atoms with Crippen molar-refractivity contribution in [3.63, 3.8) is 0 Å². The number of imidazole rings is 1. The fourth-order valence-corrected chi connectivity index (χ4v) is 5.38. The van der Waals surface area contributed by atoms with Crippen LogP contribution in [0.2, 0.25) is 0 Å². The van der Waals surface area contributed by atoms with Gasteiger partial charge in [0.05, 0.1) is 5.25 Å². The third-order valence-electron chi connectivity index (χ3n) is 5.08. The van der Waals surface area contributed by atoms with E-state index in [2.05, 4.69) is 21.7 Å². The summed E-state index contributed by atoms with van der Waals surface area (Å²) in [6.07, 6.45) is 7.41. The van der Waals surface area contributed by atoms with Crippen molar-refractivity contribution in [2.75, 3.05) is 13.1 Å². The second-order valence-electron chi connectivity index (χ2n) is 6.86. The van der Waals surface area contributed by atoms with Crippen LogP contribution in [0.4, 0.5) is 0 Å². The average molecular weight is 345 g/mol. The first-order valence-corrected chi connectivity index (χ1v) is 10.2. The molecule has 0 N–H and O–H groups in total. The zero-order chi connectivity index (χ0) is 16.6. The van der Waals surface area contributed by atoms with E-state index < -0.39 is 10.0 Å². The minimum atomic E-state index is -3.01. The maximum absolute atomic E-state index is 12.3. The molecule has 1 aliphatic carbocycles. The molecule has 24 heavy (non-hydrogen) atoms. The molecular weight excluding hydrogens is 322 g/mol. The average Bonchev–Trinajstić information content (AvgIpc) is 3.37. The summed E-state index contributed by atoms with van der Waals surface area (Å²) in [4.78, 5) is 4.49. The van der Waals surface area contributed by atoms with Crippen LogP contribution in [0.15, 0.2) is 42.7 Å². The predicted octanol–water partition coefficient (Wildman–Crippen LogP) is 2.75. The van der Waals surface area contributed by atoms with E-state index >= 15 is 0 Å². The lowest BCUT2D eigenvalue weighted by Crippen LogP contribution is -2.40. The van der Waals surface area contributed by atoms with Crippen molar-refractivity contribution in [3.05, 3.63) is 42.7 Å². The summed E-state index contributed by atoms with van der Waals surface area (Å²) in [6.45, 7) is 2.24. The summed E-state index contributed by atoms with van der Waals surface area (Å²) in [5, 5.41) is -0.0904. The van der Waals surface area contributed by atoms with E-state index in [1.807, 2.05) is 30.6 Å². The predicted molar refractivity (Wildman–Crippen MR) is 93.9 cm³/mol. The topological polar surface area (TPSA) is 55.2 Å². The van der Waals surface area contributed by atoms with Gasteiger partial charge in [-0.3, -0.25) is 0 Å². The highest BCUT2D eigenvalue weighted by Gasteiger charge is 2.41. The number of benzene rings is 1. The Morgan fingerprint density at radius 1 is 1.04 bits per heavy atom. The molecule has 1 aliphatic heterocycles. The number of piperidine rings is 1. The molecule has 2 aromatic rings. The van der Waals surface area contributed by atoms with Gasteiger partial charge in [0.15, 0.2) is 0 Å². The molecule has 2 heterocycles. The number of sulfonamides is 1. The molecule has 1 saturated carbocycles. The van der Waals surface area contributed by atoms with Crippen molar-refractivity contribution in [3.8, 4) is 11.4 Å². The zero-order valence-corrected chi connectivity index (χ0v) is 14.5. The van der Waals surface area contributed by atoms with Crippen LogP contribution in [-0.2, 0) is 16.6 Å². The van der Waals surface area contributed by atoms with Crippen molar-refractivity contribution in [1.82, 2.24) is 13.9 Å². The highest BCUT2D eigenvalue weighted by atomic mass is 32.2. The van der Waals surface area contributed by atoms with Gasteiger partial charge in [0.1, 0.15) is 5.82 Å². The second-order valence-corrected chi connectivity index (χ2v) is 9.07. The van der Waals surface area contributed by atoms with Gasteiger partial charge in [-0.2, -0.15) is 0 Å². The molecule has 0 bridgehead atoms. The Morgan fingerprint density at radius 2 is 1.75 bits per heavy atom. The molecule has 6 heteroatoms. The lowest BCUT2D eigenvalue weighted by molar-refractivity contribution is 0.253. The van der Waals surface area contributed by atoms with Gasteiger partial charge in [-0.15, -0.1) is 0 Å². The normalized spacial score (nSPS) is 20.3. The summed E-state index contributed by atoms with van der Waals surface area (Å²) >= 11 is 0. The molecule has 1 saturated heterocycles. The number of hydrogen-bond acceptors (Lipinski definition) is 3. The van der Waals surface area contributed by atoms with Gasteiger partial charge in [-0.25, -0.2) is 17.7 Å². The molecule has 2 aliphatic rings.